The minimum Gasteiger partial charge on any atom is -0.479 e. The van der Waals surface area contributed by atoms with Gasteiger partial charge >= 0.3 is 35.8 Å². The zero-order chi connectivity index (χ0) is 22.9. The molecule has 0 aromatic carbocycles. The van der Waals surface area contributed by atoms with Crippen LogP contribution in [-0.4, -0.2) is 71.4 Å². The molecule has 0 aromatic rings. The molecule has 0 aromatic heterocycles. The molecular weight excluding hydrogens is 396 g/mol. The van der Waals surface area contributed by atoms with Crippen LogP contribution in [0.3, 0.4) is 0 Å². The average Bonchev–Trinajstić information content (AvgIpc) is 2.60. The highest BCUT2D eigenvalue weighted by Crippen LogP contribution is 2.07. The van der Waals surface area contributed by atoms with Gasteiger partial charge < -0.3 is 28.8 Å². The Kier molecular flexibility index (Phi) is 10.3. The van der Waals surface area contributed by atoms with E-state index in [1.54, 1.807) is 0 Å². The zero-order valence-electron chi connectivity index (χ0n) is 16.8. The Morgan fingerprint density at radius 1 is 0.517 bits per heavy atom. The number of aliphatic carboxylic acids is 1. The number of ether oxygens (including phenoxy) is 5. The standard InChI is InChI=1S/C17H24O12/c1-7(13(19)20)26-15(22)9(3)28-17(24)11(5)29-16(23)10(4)27-14(21)8(2)25-12(6)18/h7-11H,1-6H3,(H,19,20). The fraction of sp³-hybridized carbons (Fsp3) is 0.647. The van der Waals surface area contributed by atoms with Gasteiger partial charge in [-0.3, -0.25) is 4.79 Å². The van der Waals surface area contributed by atoms with Crippen LogP contribution < -0.4 is 0 Å². The number of carboxylic acid groups (broad SMARTS) is 1. The van der Waals surface area contributed by atoms with Crippen LogP contribution >= 0.6 is 0 Å². The van der Waals surface area contributed by atoms with Crippen molar-refractivity contribution < 1.29 is 57.6 Å². The summed E-state index contributed by atoms with van der Waals surface area (Å²) in [5, 5.41) is 8.67. The van der Waals surface area contributed by atoms with E-state index in [4.69, 9.17) is 19.3 Å². The first-order valence-corrected chi connectivity index (χ1v) is 8.48. The van der Waals surface area contributed by atoms with E-state index < -0.39 is 66.3 Å². The van der Waals surface area contributed by atoms with Gasteiger partial charge in [0.1, 0.15) is 0 Å². The van der Waals surface area contributed by atoms with Crippen LogP contribution in [0.4, 0.5) is 0 Å². The van der Waals surface area contributed by atoms with Gasteiger partial charge in [0.05, 0.1) is 0 Å². The lowest BCUT2D eigenvalue weighted by atomic mass is 10.3. The number of carboxylic acids is 1. The lowest BCUT2D eigenvalue weighted by Gasteiger charge is -2.19. The van der Waals surface area contributed by atoms with E-state index in [-0.39, 0.29) is 0 Å². The molecule has 12 nitrogen and oxygen atoms in total. The summed E-state index contributed by atoms with van der Waals surface area (Å²) >= 11 is 0. The third-order valence-corrected chi connectivity index (χ3v) is 3.19. The van der Waals surface area contributed by atoms with Crippen molar-refractivity contribution in [1.29, 1.82) is 0 Å². The Hall–Kier alpha value is -3.18. The fourth-order valence-corrected chi connectivity index (χ4v) is 1.57. The summed E-state index contributed by atoms with van der Waals surface area (Å²) in [6.07, 6.45) is -7.03. The summed E-state index contributed by atoms with van der Waals surface area (Å²) in [7, 11) is 0. The Morgan fingerprint density at radius 2 is 0.759 bits per heavy atom. The molecule has 29 heavy (non-hydrogen) atoms. The minimum atomic E-state index is -1.47. The molecule has 0 fully saturated rings. The molecule has 0 amide bonds. The van der Waals surface area contributed by atoms with Crippen molar-refractivity contribution in [3.05, 3.63) is 0 Å². The summed E-state index contributed by atoms with van der Waals surface area (Å²) in [5.74, 6) is -6.40. The Balaban J connectivity index is 4.60. The van der Waals surface area contributed by atoms with Gasteiger partial charge in [-0.1, -0.05) is 0 Å². The van der Waals surface area contributed by atoms with E-state index in [0.29, 0.717) is 0 Å². The van der Waals surface area contributed by atoms with Gasteiger partial charge in [-0.25, -0.2) is 24.0 Å². The van der Waals surface area contributed by atoms with E-state index in [2.05, 4.69) is 9.47 Å². The van der Waals surface area contributed by atoms with E-state index in [1.165, 1.54) is 13.8 Å². The summed E-state index contributed by atoms with van der Waals surface area (Å²) in [4.78, 5) is 68.6. The van der Waals surface area contributed by atoms with Gasteiger partial charge in [-0.05, 0) is 34.6 Å². The first-order chi connectivity index (χ1) is 13.3. The topological polar surface area (TPSA) is 169 Å². The van der Waals surface area contributed by atoms with E-state index in [1.807, 2.05) is 0 Å². The highest BCUT2D eigenvalue weighted by Gasteiger charge is 2.30. The first-order valence-electron chi connectivity index (χ1n) is 8.48. The van der Waals surface area contributed by atoms with Gasteiger partial charge in [0.25, 0.3) is 0 Å². The smallest absolute Gasteiger partial charge is 0.347 e. The number of rotatable bonds is 10. The first kappa shape index (κ1) is 25.8. The van der Waals surface area contributed by atoms with Crippen molar-refractivity contribution in [3.8, 4) is 0 Å². The summed E-state index contributed by atoms with van der Waals surface area (Å²) in [6.45, 7) is 6.91. The van der Waals surface area contributed by atoms with Crippen molar-refractivity contribution in [2.24, 2.45) is 0 Å². The predicted molar refractivity (Wildman–Crippen MR) is 91.1 cm³/mol. The molecule has 0 saturated heterocycles. The molecule has 0 saturated carbocycles. The molecule has 0 spiro atoms. The Bertz CT molecular complexity index is 655. The van der Waals surface area contributed by atoms with Crippen LogP contribution in [0.25, 0.3) is 0 Å². The maximum atomic E-state index is 11.9. The van der Waals surface area contributed by atoms with E-state index >= 15 is 0 Å². The number of esters is 5. The van der Waals surface area contributed by atoms with Gasteiger partial charge in [-0.2, -0.15) is 0 Å². The van der Waals surface area contributed by atoms with Crippen molar-refractivity contribution in [2.45, 2.75) is 72.1 Å². The number of carbonyl (C=O) groups excluding carboxylic acids is 5. The number of hydrogen-bond acceptors (Lipinski definition) is 11. The monoisotopic (exact) mass is 420 g/mol. The normalized spacial score (nSPS) is 15.5. The van der Waals surface area contributed by atoms with Crippen molar-refractivity contribution >= 4 is 35.8 Å². The molecule has 0 aliphatic heterocycles. The SMILES string of the molecule is CC(=O)OC(C)C(=O)OC(C)C(=O)OC(C)C(=O)OC(C)C(=O)OC(C)C(=O)O. The zero-order valence-corrected chi connectivity index (χ0v) is 16.8. The van der Waals surface area contributed by atoms with Crippen LogP contribution in [-0.2, 0) is 52.5 Å². The molecule has 5 atom stereocenters. The molecule has 0 radical (unpaired) electrons. The molecule has 0 aliphatic carbocycles. The number of hydrogen-bond donors (Lipinski definition) is 1. The highest BCUT2D eigenvalue weighted by atomic mass is 16.6. The third-order valence-electron chi connectivity index (χ3n) is 3.19. The maximum absolute atomic E-state index is 11.9. The van der Waals surface area contributed by atoms with Crippen LogP contribution in [0, 0.1) is 0 Å². The minimum absolute atomic E-state index is 0.716. The summed E-state index contributed by atoms with van der Waals surface area (Å²) in [6, 6.07) is 0. The lowest BCUT2D eigenvalue weighted by molar-refractivity contribution is -0.186. The molecule has 0 bridgehead atoms. The largest absolute Gasteiger partial charge is 0.479 e. The molecule has 1 N–H and O–H groups in total. The van der Waals surface area contributed by atoms with Gasteiger partial charge in [0, 0.05) is 6.92 Å². The fourth-order valence-electron chi connectivity index (χ4n) is 1.57. The number of carbonyl (C=O) groups is 6. The summed E-state index contributed by atoms with van der Waals surface area (Å²) < 4.78 is 23.5. The lowest BCUT2D eigenvalue weighted by Crippen LogP contribution is -2.38. The van der Waals surface area contributed by atoms with Crippen LogP contribution in [0.15, 0.2) is 0 Å². The van der Waals surface area contributed by atoms with Crippen LogP contribution in [0.5, 0.6) is 0 Å². The molecule has 0 heterocycles. The van der Waals surface area contributed by atoms with E-state index in [0.717, 1.165) is 27.7 Å². The molecule has 0 rings (SSSR count). The molecule has 0 aliphatic rings. The Morgan fingerprint density at radius 3 is 1.00 bits per heavy atom. The predicted octanol–water partition coefficient (Wildman–Crippen LogP) is -0.251. The molecule has 12 heteroatoms. The van der Waals surface area contributed by atoms with E-state index in [9.17, 15) is 28.8 Å². The molecule has 5 unspecified atom stereocenters. The molecule has 164 valence electrons. The third kappa shape index (κ3) is 9.53. The van der Waals surface area contributed by atoms with Crippen LogP contribution in [0.1, 0.15) is 41.5 Å². The quantitative estimate of drug-likeness (QED) is 0.364. The van der Waals surface area contributed by atoms with Gasteiger partial charge in [-0.15, -0.1) is 0 Å². The second-order valence-electron chi connectivity index (χ2n) is 5.91. The van der Waals surface area contributed by atoms with Crippen molar-refractivity contribution in [3.63, 3.8) is 0 Å². The van der Waals surface area contributed by atoms with Crippen LogP contribution in [0.2, 0.25) is 0 Å². The van der Waals surface area contributed by atoms with Crippen molar-refractivity contribution in [1.82, 2.24) is 0 Å². The second kappa shape index (κ2) is 11.6. The second-order valence-corrected chi connectivity index (χ2v) is 5.91. The van der Waals surface area contributed by atoms with Gasteiger partial charge in [0.2, 0.25) is 0 Å². The Labute approximate surface area is 166 Å². The van der Waals surface area contributed by atoms with Crippen molar-refractivity contribution in [2.75, 3.05) is 0 Å². The summed E-state index contributed by atoms with van der Waals surface area (Å²) in [5.41, 5.74) is 0. The van der Waals surface area contributed by atoms with Gasteiger partial charge in [0.15, 0.2) is 30.5 Å². The maximum Gasteiger partial charge on any atom is 0.347 e. The molecular formula is C17H24O12. The average molecular weight is 420 g/mol. The highest BCUT2D eigenvalue weighted by molar-refractivity contribution is 5.86.